The van der Waals surface area contributed by atoms with Crippen molar-refractivity contribution in [3.63, 3.8) is 0 Å². The molecule has 1 atom stereocenters. The third-order valence-corrected chi connectivity index (χ3v) is 8.24. The van der Waals surface area contributed by atoms with Gasteiger partial charge in [0.2, 0.25) is 15.9 Å². The number of halogens is 2. The first-order valence-electron chi connectivity index (χ1n) is 10.1. The van der Waals surface area contributed by atoms with Crippen LogP contribution in [0.3, 0.4) is 0 Å². The average molecular weight is 447 g/mol. The second-order valence-electron chi connectivity index (χ2n) is 7.90. The molecule has 1 heterocycles. The minimum atomic E-state index is -3.52. The first-order valence-corrected chi connectivity index (χ1v) is 12.4. The number of sulfonamides is 1. The molecule has 1 amide bonds. The minimum absolute atomic E-state index is 0.00124. The topological polar surface area (TPSA) is 66.5 Å². The van der Waals surface area contributed by atoms with Gasteiger partial charge in [-0.3, -0.25) is 4.79 Å². The van der Waals surface area contributed by atoms with Crippen molar-refractivity contribution in [1.29, 1.82) is 0 Å². The van der Waals surface area contributed by atoms with Gasteiger partial charge in [-0.15, -0.1) is 0 Å². The van der Waals surface area contributed by atoms with Gasteiger partial charge in [0.1, 0.15) is 0 Å². The SMILES string of the molecule is O=C(NC1CCCCCC1)C1CCCN(S(=O)(=O)Cc2ccc(Cl)c(Cl)c2)C1. The van der Waals surface area contributed by atoms with Crippen LogP contribution in [0.5, 0.6) is 0 Å². The summed E-state index contributed by atoms with van der Waals surface area (Å²) in [6, 6.07) is 5.10. The molecule has 1 saturated heterocycles. The number of carbonyl (C=O) groups is 1. The second-order valence-corrected chi connectivity index (χ2v) is 10.7. The molecular weight excluding hydrogens is 419 g/mol. The number of hydrogen-bond acceptors (Lipinski definition) is 3. The fraction of sp³-hybridized carbons (Fsp3) is 0.650. The summed E-state index contributed by atoms with van der Waals surface area (Å²) in [6.45, 7) is 0.707. The van der Waals surface area contributed by atoms with E-state index < -0.39 is 10.0 Å². The van der Waals surface area contributed by atoms with Gasteiger partial charge >= 0.3 is 0 Å². The number of amides is 1. The summed E-state index contributed by atoms with van der Waals surface area (Å²) in [6.07, 6.45) is 8.25. The van der Waals surface area contributed by atoms with Gasteiger partial charge in [-0.1, -0.05) is 55.0 Å². The predicted molar refractivity (Wildman–Crippen MR) is 113 cm³/mol. The zero-order chi connectivity index (χ0) is 20.1. The van der Waals surface area contributed by atoms with Crippen LogP contribution in [-0.4, -0.2) is 37.8 Å². The molecule has 1 aliphatic carbocycles. The van der Waals surface area contributed by atoms with Gasteiger partial charge in [-0.05, 0) is 43.4 Å². The molecule has 1 unspecified atom stereocenters. The fourth-order valence-electron chi connectivity index (χ4n) is 4.08. The Morgan fingerprint density at radius 3 is 2.43 bits per heavy atom. The number of nitrogens with one attached hydrogen (secondary N) is 1. The number of carbonyl (C=O) groups excluding carboxylic acids is 1. The zero-order valence-corrected chi connectivity index (χ0v) is 18.3. The summed E-state index contributed by atoms with van der Waals surface area (Å²) in [5.41, 5.74) is 0.597. The van der Waals surface area contributed by atoms with Crippen LogP contribution in [0.15, 0.2) is 18.2 Å². The van der Waals surface area contributed by atoms with Crippen molar-refractivity contribution in [1.82, 2.24) is 9.62 Å². The molecule has 0 spiro atoms. The van der Waals surface area contributed by atoms with Crippen LogP contribution in [0.4, 0.5) is 0 Å². The summed E-state index contributed by atoms with van der Waals surface area (Å²) in [5.74, 6) is -0.414. The molecule has 0 bridgehead atoms. The van der Waals surface area contributed by atoms with Crippen molar-refractivity contribution < 1.29 is 13.2 Å². The Bertz CT molecular complexity index is 793. The third kappa shape index (κ3) is 5.85. The Labute approximate surface area is 177 Å². The van der Waals surface area contributed by atoms with E-state index in [2.05, 4.69) is 5.32 Å². The van der Waals surface area contributed by atoms with Crippen LogP contribution in [0, 0.1) is 5.92 Å². The lowest BCUT2D eigenvalue weighted by atomic mass is 9.97. The Hall–Kier alpha value is -0.820. The lowest BCUT2D eigenvalue weighted by molar-refractivity contribution is -0.126. The maximum atomic E-state index is 12.9. The van der Waals surface area contributed by atoms with Crippen LogP contribution >= 0.6 is 23.2 Å². The van der Waals surface area contributed by atoms with Gasteiger partial charge in [0, 0.05) is 19.1 Å². The summed E-state index contributed by atoms with van der Waals surface area (Å²) < 4.78 is 27.2. The smallest absolute Gasteiger partial charge is 0.224 e. The third-order valence-electron chi connectivity index (χ3n) is 5.68. The molecule has 2 aliphatic rings. The van der Waals surface area contributed by atoms with E-state index in [0.717, 1.165) is 32.1 Å². The summed E-state index contributed by atoms with van der Waals surface area (Å²) in [4.78, 5) is 12.7. The maximum Gasteiger partial charge on any atom is 0.224 e. The van der Waals surface area contributed by atoms with Crippen molar-refractivity contribution in [3.8, 4) is 0 Å². The zero-order valence-electron chi connectivity index (χ0n) is 16.0. The lowest BCUT2D eigenvalue weighted by Crippen LogP contribution is -2.47. The summed E-state index contributed by atoms with van der Waals surface area (Å²) in [7, 11) is -3.52. The Balaban J connectivity index is 1.61. The van der Waals surface area contributed by atoms with E-state index in [1.165, 1.54) is 17.1 Å². The molecule has 1 aromatic carbocycles. The van der Waals surface area contributed by atoms with E-state index in [4.69, 9.17) is 23.2 Å². The molecule has 1 aliphatic heterocycles. The number of hydrogen-bond donors (Lipinski definition) is 1. The molecule has 1 N–H and O–H groups in total. The first-order chi connectivity index (χ1) is 13.3. The van der Waals surface area contributed by atoms with E-state index in [1.54, 1.807) is 18.2 Å². The molecule has 8 heteroatoms. The fourth-order valence-corrected chi connectivity index (χ4v) is 6.00. The molecule has 1 aromatic rings. The van der Waals surface area contributed by atoms with E-state index >= 15 is 0 Å². The highest BCUT2D eigenvalue weighted by molar-refractivity contribution is 7.88. The molecule has 1 saturated carbocycles. The molecule has 2 fully saturated rings. The average Bonchev–Trinajstić information content (AvgIpc) is 2.93. The largest absolute Gasteiger partial charge is 0.353 e. The van der Waals surface area contributed by atoms with Crippen LogP contribution in [0.25, 0.3) is 0 Å². The highest BCUT2D eigenvalue weighted by Gasteiger charge is 2.33. The summed E-state index contributed by atoms with van der Waals surface area (Å²) in [5, 5.41) is 3.91. The van der Waals surface area contributed by atoms with Crippen molar-refractivity contribution in [2.75, 3.05) is 13.1 Å². The normalized spacial score (nSPS) is 22.6. The van der Waals surface area contributed by atoms with Crippen LogP contribution in [-0.2, 0) is 20.6 Å². The van der Waals surface area contributed by atoms with E-state index in [-0.39, 0.29) is 30.2 Å². The van der Waals surface area contributed by atoms with Gasteiger partial charge in [0.25, 0.3) is 0 Å². The molecular formula is C20H28Cl2N2O3S. The number of piperidine rings is 1. The Morgan fingerprint density at radius 2 is 1.75 bits per heavy atom. The Morgan fingerprint density at radius 1 is 1.04 bits per heavy atom. The van der Waals surface area contributed by atoms with Crippen LogP contribution in [0.1, 0.15) is 56.9 Å². The molecule has 3 rings (SSSR count). The highest BCUT2D eigenvalue weighted by Crippen LogP contribution is 2.26. The molecule has 0 radical (unpaired) electrons. The molecule has 28 heavy (non-hydrogen) atoms. The predicted octanol–water partition coefficient (Wildman–Crippen LogP) is 4.37. The van der Waals surface area contributed by atoms with Crippen molar-refractivity contribution >= 4 is 39.1 Å². The second kappa shape index (κ2) is 9.79. The number of nitrogens with zero attached hydrogens (tertiary/aromatic N) is 1. The van der Waals surface area contributed by atoms with E-state index in [9.17, 15) is 13.2 Å². The number of benzene rings is 1. The van der Waals surface area contributed by atoms with E-state index in [0.29, 0.717) is 28.6 Å². The van der Waals surface area contributed by atoms with E-state index in [1.807, 2.05) is 0 Å². The standard InChI is InChI=1S/C20H28Cl2N2O3S/c21-18-10-9-15(12-19(18)22)14-28(26,27)24-11-5-6-16(13-24)20(25)23-17-7-3-1-2-4-8-17/h9-10,12,16-17H,1-8,11,13-14H2,(H,23,25). The minimum Gasteiger partial charge on any atom is -0.353 e. The van der Waals surface area contributed by atoms with Crippen LogP contribution in [0.2, 0.25) is 10.0 Å². The summed E-state index contributed by atoms with van der Waals surface area (Å²) >= 11 is 11.9. The Kier molecular flexibility index (Phi) is 7.65. The van der Waals surface area contributed by atoms with Gasteiger partial charge in [-0.2, -0.15) is 0 Å². The molecule has 0 aromatic heterocycles. The monoisotopic (exact) mass is 446 g/mol. The van der Waals surface area contributed by atoms with Gasteiger partial charge in [0.15, 0.2) is 0 Å². The quantitative estimate of drug-likeness (QED) is 0.682. The van der Waals surface area contributed by atoms with Gasteiger partial charge in [0.05, 0.1) is 21.7 Å². The van der Waals surface area contributed by atoms with Crippen molar-refractivity contribution in [3.05, 3.63) is 33.8 Å². The first kappa shape index (κ1) is 21.9. The van der Waals surface area contributed by atoms with Crippen molar-refractivity contribution in [2.45, 2.75) is 63.2 Å². The lowest BCUT2D eigenvalue weighted by Gasteiger charge is -2.32. The molecule has 5 nitrogen and oxygen atoms in total. The molecule has 156 valence electrons. The van der Waals surface area contributed by atoms with Crippen LogP contribution < -0.4 is 5.32 Å². The van der Waals surface area contributed by atoms with Gasteiger partial charge in [-0.25, -0.2) is 12.7 Å². The van der Waals surface area contributed by atoms with Crippen molar-refractivity contribution in [2.24, 2.45) is 5.92 Å². The number of rotatable bonds is 5. The van der Waals surface area contributed by atoms with Gasteiger partial charge < -0.3 is 5.32 Å². The maximum absolute atomic E-state index is 12.9. The highest BCUT2D eigenvalue weighted by atomic mass is 35.5.